The van der Waals surface area contributed by atoms with Crippen LogP contribution < -0.4 is 5.32 Å². The van der Waals surface area contributed by atoms with Crippen molar-refractivity contribution < 1.29 is 0 Å². The van der Waals surface area contributed by atoms with E-state index in [9.17, 15) is 0 Å². The Labute approximate surface area is 125 Å². The zero-order chi connectivity index (χ0) is 14.4. The van der Waals surface area contributed by atoms with E-state index in [0.717, 1.165) is 23.4 Å². The number of allylic oxidation sites excluding steroid dienone is 2. The average molecular weight is 296 g/mol. The van der Waals surface area contributed by atoms with Crippen LogP contribution in [0.1, 0.15) is 30.0 Å². The summed E-state index contributed by atoms with van der Waals surface area (Å²) in [4.78, 5) is 0. The fraction of sp³-hybridized carbons (Fsp3) is 0.375. The largest absolute Gasteiger partial charge is 0.359 e. The molecule has 1 aromatic carbocycles. The second-order valence-corrected chi connectivity index (χ2v) is 6.96. The molecule has 0 radical (unpaired) electrons. The van der Waals surface area contributed by atoms with Gasteiger partial charge in [0, 0.05) is 17.3 Å². The van der Waals surface area contributed by atoms with E-state index in [1.165, 1.54) is 16.7 Å². The first-order chi connectivity index (χ1) is 8.72. The highest BCUT2D eigenvalue weighted by molar-refractivity contribution is 6.51. The van der Waals surface area contributed by atoms with Crippen molar-refractivity contribution in [1.29, 1.82) is 0 Å². The molecule has 1 saturated carbocycles. The second-order valence-electron chi connectivity index (χ2n) is 5.41. The van der Waals surface area contributed by atoms with E-state index >= 15 is 0 Å². The number of rotatable bonds is 4. The van der Waals surface area contributed by atoms with Crippen LogP contribution in [0.3, 0.4) is 0 Å². The number of benzene rings is 1. The molecule has 3 heteroatoms. The molecule has 0 heterocycles. The van der Waals surface area contributed by atoms with Gasteiger partial charge in [-0.15, -0.1) is 23.2 Å². The molecule has 1 aliphatic carbocycles. The fourth-order valence-electron chi connectivity index (χ4n) is 2.24. The van der Waals surface area contributed by atoms with Crippen molar-refractivity contribution in [2.75, 3.05) is 5.32 Å². The Morgan fingerprint density at radius 3 is 2.37 bits per heavy atom. The maximum Gasteiger partial charge on any atom is 0.127 e. The van der Waals surface area contributed by atoms with E-state index in [1.807, 2.05) is 6.92 Å². The SMILES string of the molecule is C=C(C)c1cc(NC(=C)C2CC2(Cl)Cl)cc(C)c1C. The Kier molecular flexibility index (Phi) is 3.72. The van der Waals surface area contributed by atoms with Crippen LogP contribution in [-0.2, 0) is 0 Å². The molecule has 0 spiro atoms. The highest BCUT2D eigenvalue weighted by Crippen LogP contribution is 2.56. The van der Waals surface area contributed by atoms with Gasteiger partial charge in [0.25, 0.3) is 0 Å². The van der Waals surface area contributed by atoms with Crippen LogP contribution >= 0.6 is 23.2 Å². The summed E-state index contributed by atoms with van der Waals surface area (Å²) in [7, 11) is 0. The minimum absolute atomic E-state index is 0.130. The fourth-order valence-corrected chi connectivity index (χ4v) is 2.81. The van der Waals surface area contributed by atoms with Crippen LogP contribution in [0, 0.1) is 19.8 Å². The third-order valence-corrected chi connectivity index (χ3v) is 4.51. The lowest BCUT2D eigenvalue weighted by Crippen LogP contribution is -2.05. The number of aryl methyl sites for hydroxylation is 1. The molecule has 0 aliphatic heterocycles. The smallest absolute Gasteiger partial charge is 0.127 e. The van der Waals surface area contributed by atoms with Crippen molar-refractivity contribution >= 4 is 34.5 Å². The van der Waals surface area contributed by atoms with E-state index in [-0.39, 0.29) is 5.92 Å². The first kappa shape index (κ1) is 14.5. The summed E-state index contributed by atoms with van der Waals surface area (Å²) in [6, 6.07) is 4.21. The van der Waals surface area contributed by atoms with Gasteiger partial charge < -0.3 is 5.32 Å². The van der Waals surface area contributed by atoms with E-state index in [0.29, 0.717) is 0 Å². The van der Waals surface area contributed by atoms with Crippen LogP contribution in [0.4, 0.5) is 5.69 Å². The Morgan fingerprint density at radius 2 is 1.89 bits per heavy atom. The van der Waals surface area contributed by atoms with Gasteiger partial charge in [-0.2, -0.15) is 0 Å². The second kappa shape index (κ2) is 4.88. The number of hydrogen-bond donors (Lipinski definition) is 1. The Morgan fingerprint density at radius 1 is 1.32 bits per heavy atom. The molecule has 1 atom stereocenters. The maximum atomic E-state index is 6.06. The molecule has 1 fully saturated rings. The highest BCUT2D eigenvalue weighted by Gasteiger charge is 2.53. The van der Waals surface area contributed by atoms with Crippen molar-refractivity contribution in [3.8, 4) is 0 Å². The van der Waals surface area contributed by atoms with Gasteiger partial charge in [0.15, 0.2) is 0 Å². The molecule has 19 heavy (non-hydrogen) atoms. The molecule has 2 rings (SSSR count). The normalized spacial score (nSPS) is 19.9. The van der Waals surface area contributed by atoms with Gasteiger partial charge in [0.1, 0.15) is 4.33 Å². The predicted molar refractivity (Wildman–Crippen MR) is 85.9 cm³/mol. The minimum Gasteiger partial charge on any atom is -0.359 e. The summed E-state index contributed by atoms with van der Waals surface area (Å²) in [5.41, 5.74) is 6.62. The van der Waals surface area contributed by atoms with E-state index < -0.39 is 4.33 Å². The molecular formula is C16H19Cl2N. The molecular weight excluding hydrogens is 277 g/mol. The number of halogens is 2. The first-order valence-electron chi connectivity index (χ1n) is 6.33. The van der Waals surface area contributed by atoms with Crippen LogP contribution in [0.2, 0.25) is 0 Å². The third kappa shape index (κ3) is 2.98. The van der Waals surface area contributed by atoms with Crippen LogP contribution in [0.5, 0.6) is 0 Å². The average Bonchev–Trinajstić information content (AvgIpc) is 2.92. The predicted octanol–water partition coefficient (Wildman–Crippen LogP) is 5.46. The monoisotopic (exact) mass is 295 g/mol. The summed E-state index contributed by atoms with van der Waals surface area (Å²) in [6.07, 6.45) is 0.764. The Bertz CT molecular complexity index is 558. The van der Waals surface area contributed by atoms with Crippen molar-refractivity contribution in [3.05, 3.63) is 47.7 Å². The van der Waals surface area contributed by atoms with Gasteiger partial charge in [0.2, 0.25) is 0 Å². The third-order valence-electron chi connectivity index (χ3n) is 3.68. The topological polar surface area (TPSA) is 12.0 Å². The standard InChI is InChI=1S/C16H19Cl2N/c1-9(2)14-7-13(6-10(3)11(14)4)19-12(5)15-8-16(15,17)18/h6-7,15,19H,1,5,8H2,2-4H3. The molecule has 1 unspecified atom stereocenters. The zero-order valence-corrected chi connectivity index (χ0v) is 13.1. The van der Waals surface area contributed by atoms with E-state index in [2.05, 4.69) is 44.5 Å². The van der Waals surface area contributed by atoms with Crippen molar-refractivity contribution in [2.45, 2.75) is 31.5 Å². The van der Waals surface area contributed by atoms with Crippen molar-refractivity contribution in [1.82, 2.24) is 0 Å². The van der Waals surface area contributed by atoms with Gasteiger partial charge in [-0.05, 0) is 56.0 Å². The van der Waals surface area contributed by atoms with Crippen LogP contribution in [-0.4, -0.2) is 4.33 Å². The summed E-state index contributed by atoms with van der Waals surface area (Å²) in [5, 5.41) is 3.32. The Hall–Kier alpha value is -0.920. The van der Waals surface area contributed by atoms with Crippen LogP contribution in [0.15, 0.2) is 31.0 Å². The minimum atomic E-state index is -0.638. The molecule has 0 bridgehead atoms. The lowest BCUT2D eigenvalue weighted by atomic mass is 9.97. The van der Waals surface area contributed by atoms with Crippen molar-refractivity contribution in [2.24, 2.45) is 5.92 Å². The molecule has 0 amide bonds. The van der Waals surface area contributed by atoms with Gasteiger partial charge in [-0.25, -0.2) is 0 Å². The lowest BCUT2D eigenvalue weighted by molar-refractivity contribution is 1.00. The molecule has 0 aromatic heterocycles. The molecule has 1 aromatic rings. The van der Waals surface area contributed by atoms with E-state index in [4.69, 9.17) is 23.2 Å². The molecule has 1 aliphatic rings. The maximum absolute atomic E-state index is 6.06. The van der Waals surface area contributed by atoms with Crippen molar-refractivity contribution in [3.63, 3.8) is 0 Å². The quantitative estimate of drug-likeness (QED) is 0.728. The Balaban J connectivity index is 2.22. The van der Waals surface area contributed by atoms with Gasteiger partial charge >= 0.3 is 0 Å². The summed E-state index contributed by atoms with van der Waals surface area (Å²) >= 11 is 12.1. The molecule has 0 saturated heterocycles. The molecule has 1 nitrogen and oxygen atoms in total. The summed E-state index contributed by atoms with van der Waals surface area (Å²) in [6.45, 7) is 14.3. The van der Waals surface area contributed by atoms with Gasteiger partial charge in [-0.1, -0.05) is 18.7 Å². The lowest BCUT2D eigenvalue weighted by Gasteiger charge is -2.15. The highest BCUT2D eigenvalue weighted by atomic mass is 35.5. The van der Waals surface area contributed by atoms with E-state index in [1.54, 1.807) is 0 Å². The number of hydrogen-bond acceptors (Lipinski definition) is 1. The number of alkyl halides is 2. The molecule has 102 valence electrons. The summed E-state index contributed by atoms with van der Waals surface area (Å²) < 4.78 is -0.638. The summed E-state index contributed by atoms with van der Waals surface area (Å²) in [5.74, 6) is 0.130. The number of nitrogens with one attached hydrogen (secondary N) is 1. The first-order valence-corrected chi connectivity index (χ1v) is 7.08. The van der Waals surface area contributed by atoms with Gasteiger partial charge in [0.05, 0.1) is 0 Å². The van der Waals surface area contributed by atoms with Gasteiger partial charge in [-0.3, -0.25) is 0 Å². The number of anilines is 1. The molecule has 1 N–H and O–H groups in total. The van der Waals surface area contributed by atoms with Crippen LogP contribution in [0.25, 0.3) is 5.57 Å². The zero-order valence-electron chi connectivity index (χ0n) is 11.6.